The van der Waals surface area contributed by atoms with E-state index in [-0.39, 0.29) is 5.56 Å². The highest BCUT2D eigenvalue weighted by atomic mass is 16.4. The molecule has 0 aliphatic rings. The van der Waals surface area contributed by atoms with Crippen molar-refractivity contribution in [3.63, 3.8) is 0 Å². The summed E-state index contributed by atoms with van der Waals surface area (Å²) in [6.45, 7) is 0. The van der Waals surface area contributed by atoms with Gasteiger partial charge in [-0.25, -0.2) is 9.59 Å². The number of aromatic carboxylic acids is 2. The molecule has 26 heavy (non-hydrogen) atoms. The van der Waals surface area contributed by atoms with Crippen molar-refractivity contribution in [2.45, 2.75) is 0 Å². The first-order chi connectivity index (χ1) is 12.4. The summed E-state index contributed by atoms with van der Waals surface area (Å²) in [7, 11) is 0. The van der Waals surface area contributed by atoms with E-state index in [9.17, 15) is 24.6 Å². The molecule has 0 aliphatic heterocycles. The smallest absolute Gasteiger partial charge is 0.342 e. The van der Waals surface area contributed by atoms with Crippen molar-refractivity contribution in [2.24, 2.45) is 0 Å². The Kier molecular flexibility index (Phi) is 4.28. The van der Waals surface area contributed by atoms with Crippen molar-refractivity contribution >= 4 is 17.8 Å². The molecule has 5 N–H and O–H groups in total. The van der Waals surface area contributed by atoms with Crippen molar-refractivity contribution in [1.82, 2.24) is 4.98 Å². The Labute approximate surface area is 147 Å². The molecule has 2 aromatic carbocycles. The predicted octanol–water partition coefficient (Wildman–Crippen LogP) is 2.69. The van der Waals surface area contributed by atoms with Crippen LogP contribution in [0.3, 0.4) is 0 Å². The number of rotatable bonds is 4. The SMILES string of the molecule is Nc1[nH]c(=O)c(C(=O)O)c(-c2ccccc2-c2ccccc2)c1C(=O)O. The van der Waals surface area contributed by atoms with Crippen LogP contribution in [0.1, 0.15) is 20.7 Å². The molecular weight excluding hydrogens is 336 g/mol. The summed E-state index contributed by atoms with van der Waals surface area (Å²) in [6, 6.07) is 15.7. The molecule has 0 saturated heterocycles. The number of carbonyl (C=O) groups is 2. The maximum absolute atomic E-state index is 12.2. The average molecular weight is 350 g/mol. The van der Waals surface area contributed by atoms with E-state index in [1.165, 1.54) is 0 Å². The van der Waals surface area contributed by atoms with Gasteiger partial charge in [0.2, 0.25) is 0 Å². The Bertz CT molecular complexity index is 1070. The molecule has 1 heterocycles. The molecule has 0 fully saturated rings. The Hall–Kier alpha value is -3.87. The highest BCUT2D eigenvalue weighted by Gasteiger charge is 2.27. The summed E-state index contributed by atoms with van der Waals surface area (Å²) in [6.07, 6.45) is 0. The molecule has 130 valence electrons. The van der Waals surface area contributed by atoms with Gasteiger partial charge >= 0.3 is 11.9 Å². The van der Waals surface area contributed by atoms with Crippen molar-refractivity contribution in [1.29, 1.82) is 0 Å². The first kappa shape index (κ1) is 17.0. The number of benzene rings is 2. The van der Waals surface area contributed by atoms with Crippen molar-refractivity contribution in [3.05, 3.63) is 76.1 Å². The van der Waals surface area contributed by atoms with Gasteiger partial charge in [-0.3, -0.25) is 4.79 Å². The fourth-order valence-electron chi connectivity index (χ4n) is 2.89. The van der Waals surface area contributed by atoms with Crippen LogP contribution >= 0.6 is 0 Å². The summed E-state index contributed by atoms with van der Waals surface area (Å²) in [5.41, 5.74) is 5.02. The summed E-state index contributed by atoms with van der Waals surface area (Å²) < 4.78 is 0. The van der Waals surface area contributed by atoms with Crippen LogP contribution in [0.15, 0.2) is 59.4 Å². The number of carboxylic acids is 2. The summed E-state index contributed by atoms with van der Waals surface area (Å²) in [5.74, 6) is -3.36. The van der Waals surface area contributed by atoms with Gasteiger partial charge in [-0.15, -0.1) is 0 Å². The molecule has 1 aromatic heterocycles. The lowest BCUT2D eigenvalue weighted by Crippen LogP contribution is -2.24. The number of nitrogen functional groups attached to an aromatic ring is 1. The van der Waals surface area contributed by atoms with E-state index in [0.717, 1.165) is 5.56 Å². The third-order valence-corrected chi connectivity index (χ3v) is 3.95. The van der Waals surface area contributed by atoms with Gasteiger partial charge in [0.25, 0.3) is 5.56 Å². The molecule has 0 radical (unpaired) electrons. The van der Waals surface area contributed by atoms with E-state index in [0.29, 0.717) is 11.1 Å². The third-order valence-electron chi connectivity index (χ3n) is 3.95. The van der Waals surface area contributed by atoms with Gasteiger partial charge in [-0.05, 0) is 16.7 Å². The van der Waals surface area contributed by atoms with Crippen LogP contribution in [0.5, 0.6) is 0 Å². The van der Waals surface area contributed by atoms with E-state index >= 15 is 0 Å². The summed E-state index contributed by atoms with van der Waals surface area (Å²) >= 11 is 0. The number of hydrogen-bond donors (Lipinski definition) is 4. The second-order valence-electron chi connectivity index (χ2n) is 5.51. The number of aromatic nitrogens is 1. The standard InChI is InChI=1S/C19H14N2O5/c20-16-14(18(23)24)13(15(19(25)26)17(22)21-16)12-9-5-4-8-11(12)10-6-2-1-3-7-10/h1-9H,(H,23,24)(H,25,26)(H3,20,21,22). The zero-order valence-electron chi connectivity index (χ0n) is 13.4. The van der Waals surface area contributed by atoms with E-state index in [4.69, 9.17) is 5.73 Å². The second-order valence-corrected chi connectivity index (χ2v) is 5.51. The first-order valence-electron chi connectivity index (χ1n) is 7.59. The van der Waals surface area contributed by atoms with Crippen molar-refractivity contribution in [3.8, 4) is 22.3 Å². The topological polar surface area (TPSA) is 133 Å². The van der Waals surface area contributed by atoms with Gasteiger partial charge in [-0.2, -0.15) is 0 Å². The summed E-state index contributed by atoms with van der Waals surface area (Å²) in [5, 5.41) is 19.1. The molecule has 3 aromatic rings. The zero-order chi connectivity index (χ0) is 18.8. The number of pyridine rings is 1. The van der Waals surface area contributed by atoms with Crippen LogP contribution in [-0.4, -0.2) is 27.1 Å². The molecule has 0 saturated carbocycles. The quantitative estimate of drug-likeness (QED) is 0.571. The fourth-order valence-corrected chi connectivity index (χ4v) is 2.89. The maximum atomic E-state index is 12.2. The first-order valence-corrected chi connectivity index (χ1v) is 7.59. The number of carboxylic acid groups (broad SMARTS) is 2. The Morgan fingerprint density at radius 1 is 0.808 bits per heavy atom. The normalized spacial score (nSPS) is 10.5. The number of anilines is 1. The molecule has 7 nitrogen and oxygen atoms in total. The largest absolute Gasteiger partial charge is 0.478 e. The highest BCUT2D eigenvalue weighted by molar-refractivity contribution is 6.09. The Morgan fingerprint density at radius 2 is 1.35 bits per heavy atom. The lowest BCUT2D eigenvalue weighted by molar-refractivity contribution is 0.0695. The van der Waals surface area contributed by atoms with Crippen LogP contribution in [-0.2, 0) is 0 Å². The monoisotopic (exact) mass is 350 g/mol. The van der Waals surface area contributed by atoms with Crippen LogP contribution in [0.2, 0.25) is 0 Å². The minimum absolute atomic E-state index is 0.217. The van der Waals surface area contributed by atoms with E-state index in [1.54, 1.807) is 48.5 Å². The fraction of sp³-hybridized carbons (Fsp3) is 0. The molecule has 0 bridgehead atoms. The zero-order valence-corrected chi connectivity index (χ0v) is 13.4. The number of nitrogens with one attached hydrogen (secondary N) is 1. The number of aromatic amines is 1. The molecule has 3 rings (SSSR count). The van der Waals surface area contributed by atoms with Crippen molar-refractivity contribution < 1.29 is 19.8 Å². The van der Waals surface area contributed by atoms with Crippen LogP contribution in [0.25, 0.3) is 22.3 Å². The molecule has 0 atom stereocenters. The summed E-state index contributed by atoms with van der Waals surface area (Å²) in [4.78, 5) is 37.7. The van der Waals surface area contributed by atoms with Gasteiger partial charge < -0.3 is 20.9 Å². The van der Waals surface area contributed by atoms with E-state index < -0.39 is 34.4 Å². The van der Waals surface area contributed by atoms with Gasteiger partial charge in [0.1, 0.15) is 16.9 Å². The molecule has 0 amide bonds. The Morgan fingerprint density at radius 3 is 1.92 bits per heavy atom. The van der Waals surface area contributed by atoms with Crippen LogP contribution < -0.4 is 11.3 Å². The predicted molar refractivity (Wildman–Crippen MR) is 96.3 cm³/mol. The van der Waals surface area contributed by atoms with E-state index in [1.807, 2.05) is 6.07 Å². The molecule has 0 aliphatic carbocycles. The van der Waals surface area contributed by atoms with Crippen LogP contribution in [0.4, 0.5) is 5.82 Å². The molecule has 7 heteroatoms. The average Bonchev–Trinajstić information content (AvgIpc) is 2.61. The van der Waals surface area contributed by atoms with Crippen LogP contribution in [0, 0.1) is 0 Å². The number of nitrogens with two attached hydrogens (primary N) is 1. The van der Waals surface area contributed by atoms with Gasteiger partial charge in [-0.1, -0.05) is 54.6 Å². The van der Waals surface area contributed by atoms with Gasteiger partial charge in [0, 0.05) is 5.56 Å². The maximum Gasteiger partial charge on any atom is 0.342 e. The third kappa shape index (κ3) is 2.82. The second kappa shape index (κ2) is 6.56. The minimum Gasteiger partial charge on any atom is -0.478 e. The molecule has 0 unspecified atom stereocenters. The van der Waals surface area contributed by atoms with Crippen molar-refractivity contribution in [2.75, 3.05) is 5.73 Å². The lowest BCUT2D eigenvalue weighted by atomic mass is 9.89. The number of hydrogen-bond acceptors (Lipinski definition) is 4. The number of H-pyrrole nitrogens is 1. The highest BCUT2D eigenvalue weighted by Crippen LogP contribution is 2.36. The van der Waals surface area contributed by atoms with Gasteiger partial charge in [0.15, 0.2) is 0 Å². The van der Waals surface area contributed by atoms with Gasteiger partial charge in [0.05, 0.1) is 0 Å². The van der Waals surface area contributed by atoms with E-state index in [2.05, 4.69) is 4.98 Å². The Balaban J connectivity index is 2.48. The molecule has 0 spiro atoms. The lowest BCUT2D eigenvalue weighted by Gasteiger charge is -2.15. The molecular formula is C19H14N2O5. The minimum atomic E-state index is -1.54.